The van der Waals surface area contributed by atoms with Crippen LogP contribution in [0.1, 0.15) is 23.7 Å². The predicted octanol–water partition coefficient (Wildman–Crippen LogP) is 3.60. The van der Waals surface area contributed by atoms with Crippen LogP contribution in [0.2, 0.25) is 0 Å². The lowest BCUT2D eigenvalue weighted by atomic mass is 10.2. The largest absolute Gasteiger partial charge is 0.497 e. The second-order valence-corrected chi connectivity index (χ2v) is 5.73. The fraction of sp³-hybridized carbons (Fsp3) is 0.263. The van der Waals surface area contributed by atoms with Crippen molar-refractivity contribution in [3.63, 3.8) is 0 Å². The van der Waals surface area contributed by atoms with Gasteiger partial charge in [-0.25, -0.2) is 13.2 Å². The summed E-state index contributed by atoms with van der Waals surface area (Å²) in [7, 11) is 1.50. The molecular formula is C19H19F3N2O3. The second kappa shape index (κ2) is 9.07. The Labute approximate surface area is 154 Å². The van der Waals surface area contributed by atoms with Gasteiger partial charge < -0.3 is 15.0 Å². The number of benzene rings is 2. The monoisotopic (exact) mass is 380 g/mol. The van der Waals surface area contributed by atoms with Crippen molar-refractivity contribution in [3.8, 4) is 5.75 Å². The number of hydrogen-bond acceptors (Lipinski definition) is 3. The first-order valence-electron chi connectivity index (χ1n) is 8.24. The number of rotatable bonds is 7. The number of anilines is 1. The molecule has 2 aromatic carbocycles. The third-order valence-electron chi connectivity index (χ3n) is 3.76. The lowest BCUT2D eigenvalue weighted by Gasteiger charge is -2.22. The number of nitrogens with zero attached hydrogens (tertiary/aromatic N) is 1. The zero-order valence-electron chi connectivity index (χ0n) is 14.9. The molecule has 8 heteroatoms. The molecule has 0 heterocycles. The number of hydrogen-bond donors (Lipinski definition) is 1. The van der Waals surface area contributed by atoms with E-state index >= 15 is 0 Å². The van der Waals surface area contributed by atoms with E-state index < -0.39 is 29.0 Å². The molecule has 2 amide bonds. The molecule has 5 nitrogen and oxygen atoms in total. The number of methoxy groups -OCH3 is 1. The van der Waals surface area contributed by atoms with Crippen LogP contribution in [0.4, 0.5) is 18.9 Å². The minimum absolute atomic E-state index is 0.290. The predicted molar refractivity (Wildman–Crippen MR) is 94.1 cm³/mol. The first-order chi connectivity index (χ1) is 12.9. The van der Waals surface area contributed by atoms with Gasteiger partial charge >= 0.3 is 0 Å². The van der Waals surface area contributed by atoms with E-state index in [4.69, 9.17) is 4.74 Å². The van der Waals surface area contributed by atoms with Gasteiger partial charge in [0, 0.05) is 12.1 Å². The highest BCUT2D eigenvalue weighted by atomic mass is 19.2. The Kier molecular flexibility index (Phi) is 6.81. The summed E-state index contributed by atoms with van der Waals surface area (Å²) in [6.45, 7) is 1.76. The van der Waals surface area contributed by atoms with Crippen molar-refractivity contribution in [1.82, 2.24) is 4.90 Å². The van der Waals surface area contributed by atoms with E-state index in [0.717, 1.165) is 6.07 Å². The summed E-state index contributed by atoms with van der Waals surface area (Å²) < 4.78 is 44.9. The molecule has 1 N–H and O–H groups in total. The number of amides is 2. The van der Waals surface area contributed by atoms with Crippen LogP contribution in [-0.2, 0) is 4.79 Å². The molecule has 0 radical (unpaired) electrons. The van der Waals surface area contributed by atoms with Gasteiger partial charge in [-0.15, -0.1) is 0 Å². The zero-order chi connectivity index (χ0) is 20.0. The van der Waals surface area contributed by atoms with E-state index in [1.807, 2.05) is 6.92 Å². The molecule has 0 aliphatic rings. The minimum Gasteiger partial charge on any atom is -0.497 e. The molecule has 0 aromatic heterocycles. The quantitative estimate of drug-likeness (QED) is 0.747. The van der Waals surface area contributed by atoms with Gasteiger partial charge in [-0.3, -0.25) is 9.59 Å². The van der Waals surface area contributed by atoms with E-state index in [1.165, 1.54) is 12.0 Å². The van der Waals surface area contributed by atoms with Crippen LogP contribution in [0.3, 0.4) is 0 Å². The normalized spacial score (nSPS) is 10.4. The van der Waals surface area contributed by atoms with E-state index in [0.29, 0.717) is 30.3 Å². The zero-order valence-corrected chi connectivity index (χ0v) is 14.9. The van der Waals surface area contributed by atoms with Crippen LogP contribution in [0.15, 0.2) is 36.4 Å². The SMILES string of the molecule is CCCN(CC(=O)Nc1ccc(F)c(F)c1F)C(=O)c1ccc(OC)cc1. The average Bonchev–Trinajstić information content (AvgIpc) is 2.67. The summed E-state index contributed by atoms with van der Waals surface area (Å²) in [6, 6.07) is 8.00. The maximum absolute atomic E-state index is 13.7. The highest BCUT2D eigenvalue weighted by Gasteiger charge is 2.20. The molecule has 0 fully saturated rings. The van der Waals surface area contributed by atoms with Gasteiger partial charge in [0.05, 0.1) is 12.8 Å². The maximum atomic E-state index is 13.7. The molecule has 2 aromatic rings. The van der Waals surface area contributed by atoms with Crippen molar-refractivity contribution in [2.24, 2.45) is 0 Å². The number of nitrogens with one attached hydrogen (secondary N) is 1. The molecule has 0 unspecified atom stereocenters. The molecule has 0 saturated carbocycles. The fourth-order valence-corrected chi connectivity index (χ4v) is 2.42. The molecule has 0 aliphatic heterocycles. The minimum atomic E-state index is -1.67. The van der Waals surface area contributed by atoms with Gasteiger partial charge in [0.1, 0.15) is 12.3 Å². The molecule has 144 valence electrons. The van der Waals surface area contributed by atoms with E-state index in [2.05, 4.69) is 5.32 Å². The van der Waals surface area contributed by atoms with Gasteiger partial charge in [-0.05, 0) is 42.8 Å². The van der Waals surface area contributed by atoms with Crippen molar-refractivity contribution in [1.29, 1.82) is 0 Å². The molecule has 0 bridgehead atoms. The smallest absolute Gasteiger partial charge is 0.254 e. The molecule has 0 aliphatic carbocycles. The topological polar surface area (TPSA) is 58.6 Å². The Bertz CT molecular complexity index is 826. The number of ether oxygens (including phenoxy) is 1. The summed E-state index contributed by atoms with van der Waals surface area (Å²) >= 11 is 0. The Hall–Kier alpha value is -3.03. The standard InChI is InChI=1S/C19H19F3N2O3/c1-3-10-24(19(26)12-4-6-13(27-2)7-5-12)11-16(25)23-15-9-8-14(20)17(21)18(15)22/h4-9H,3,10-11H2,1-2H3,(H,23,25). The molecule has 0 saturated heterocycles. The van der Waals surface area contributed by atoms with Crippen LogP contribution < -0.4 is 10.1 Å². The van der Waals surface area contributed by atoms with Crippen LogP contribution in [0, 0.1) is 17.5 Å². The molecular weight excluding hydrogens is 361 g/mol. The number of carbonyl (C=O) groups is 2. The summed E-state index contributed by atoms with van der Waals surface area (Å²) in [5.74, 6) is -5.05. The summed E-state index contributed by atoms with van der Waals surface area (Å²) in [4.78, 5) is 26.1. The molecule has 2 rings (SSSR count). The number of halogens is 3. The Balaban J connectivity index is 2.11. The fourth-order valence-electron chi connectivity index (χ4n) is 2.42. The lowest BCUT2D eigenvalue weighted by molar-refractivity contribution is -0.116. The third kappa shape index (κ3) is 4.99. The van der Waals surface area contributed by atoms with Crippen molar-refractivity contribution in [2.75, 3.05) is 25.5 Å². The summed E-state index contributed by atoms with van der Waals surface area (Å²) in [5.41, 5.74) is -0.136. The summed E-state index contributed by atoms with van der Waals surface area (Å²) in [6.07, 6.45) is 0.592. The van der Waals surface area contributed by atoms with Crippen LogP contribution in [-0.4, -0.2) is 36.9 Å². The van der Waals surface area contributed by atoms with E-state index in [1.54, 1.807) is 24.3 Å². The van der Waals surface area contributed by atoms with Crippen LogP contribution in [0.5, 0.6) is 5.75 Å². The average molecular weight is 380 g/mol. The Morgan fingerprint density at radius 2 is 1.70 bits per heavy atom. The van der Waals surface area contributed by atoms with Gasteiger partial charge in [0.2, 0.25) is 5.91 Å². The Morgan fingerprint density at radius 3 is 2.30 bits per heavy atom. The van der Waals surface area contributed by atoms with Gasteiger partial charge in [0.15, 0.2) is 17.5 Å². The lowest BCUT2D eigenvalue weighted by Crippen LogP contribution is -2.38. The van der Waals surface area contributed by atoms with Gasteiger partial charge in [-0.1, -0.05) is 6.92 Å². The van der Waals surface area contributed by atoms with Gasteiger partial charge in [0.25, 0.3) is 5.91 Å². The van der Waals surface area contributed by atoms with E-state index in [9.17, 15) is 22.8 Å². The highest BCUT2D eigenvalue weighted by Crippen LogP contribution is 2.20. The first kappa shape index (κ1) is 20.3. The third-order valence-corrected chi connectivity index (χ3v) is 3.76. The van der Waals surface area contributed by atoms with Crippen LogP contribution in [0.25, 0.3) is 0 Å². The Morgan fingerprint density at radius 1 is 1.04 bits per heavy atom. The van der Waals surface area contributed by atoms with Crippen molar-refractivity contribution in [2.45, 2.75) is 13.3 Å². The summed E-state index contributed by atoms with van der Waals surface area (Å²) in [5, 5.41) is 2.16. The first-order valence-corrected chi connectivity index (χ1v) is 8.24. The highest BCUT2D eigenvalue weighted by molar-refractivity contribution is 5.99. The molecule has 0 spiro atoms. The second-order valence-electron chi connectivity index (χ2n) is 5.73. The van der Waals surface area contributed by atoms with Crippen molar-refractivity contribution >= 4 is 17.5 Å². The van der Waals surface area contributed by atoms with E-state index in [-0.39, 0.29) is 12.5 Å². The number of carbonyl (C=O) groups excluding carboxylic acids is 2. The molecule has 27 heavy (non-hydrogen) atoms. The van der Waals surface area contributed by atoms with Crippen molar-refractivity contribution in [3.05, 3.63) is 59.4 Å². The van der Waals surface area contributed by atoms with Gasteiger partial charge in [-0.2, -0.15) is 0 Å². The van der Waals surface area contributed by atoms with Crippen molar-refractivity contribution < 1.29 is 27.5 Å². The molecule has 0 atom stereocenters. The van der Waals surface area contributed by atoms with Crippen LogP contribution >= 0.6 is 0 Å². The maximum Gasteiger partial charge on any atom is 0.254 e.